The summed E-state index contributed by atoms with van der Waals surface area (Å²) in [4.78, 5) is 8.39. The minimum absolute atomic E-state index is 0. The summed E-state index contributed by atoms with van der Waals surface area (Å²) in [7, 11) is 1.47. The van der Waals surface area contributed by atoms with Gasteiger partial charge in [0.05, 0.1) is 13.1 Å². The van der Waals surface area contributed by atoms with Crippen LogP contribution in [0.1, 0.15) is 37.8 Å². The molecule has 2 atom stereocenters. The van der Waals surface area contributed by atoms with Crippen molar-refractivity contribution in [1.82, 2.24) is 25.4 Å². The van der Waals surface area contributed by atoms with Gasteiger partial charge in [-0.1, -0.05) is 13.8 Å². The summed E-state index contributed by atoms with van der Waals surface area (Å²) >= 11 is 0. The first-order valence-electron chi connectivity index (χ1n) is 7.86. The van der Waals surface area contributed by atoms with Gasteiger partial charge in [0.1, 0.15) is 5.82 Å². The van der Waals surface area contributed by atoms with Gasteiger partial charge in [0.25, 0.3) is 0 Å². The number of rotatable bonds is 4. The molecule has 0 aliphatic carbocycles. The van der Waals surface area contributed by atoms with Gasteiger partial charge in [0.2, 0.25) is 0 Å². The molecule has 2 heterocycles. The highest BCUT2D eigenvalue weighted by molar-refractivity contribution is 14.0. The van der Waals surface area contributed by atoms with Crippen LogP contribution in [0.2, 0.25) is 0 Å². The Kier molecular flexibility index (Phi) is 7.90. The molecule has 7 nitrogen and oxygen atoms in total. The smallest absolute Gasteiger partial charge is 0.382 e. The summed E-state index contributed by atoms with van der Waals surface area (Å²) < 4.78 is 38.8. The zero-order valence-corrected chi connectivity index (χ0v) is 16.7. The van der Waals surface area contributed by atoms with Crippen molar-refractivity contribution in [3.63, 3.8) is 0 Å². The Balaban J connectivity index is 0.00000312. The van der Waals surface area contributed by atoms with Crippen LogP contribution >= 0.6 is 24.0 Å². The van der Waals surface area contributed by atoms with Gasteiger partial charge in [-0.15, -0.1) is 24.0 Å². The number of aromatic nitrogens is 3. The van der Waals surface area contributed by atoms with Gasteiger partial charge in [0.15, 0.2) is 17.9 Å². The van der Waals surface area contributed by atoms with Crippen LogP contribution in [0.25, 0.3) is 0 Å². The molecule has 0 saturated carbocycles. The van der Waals surface area contributed by atoms with Crippen molar-refractivity contribution in [3.8, 4) is 0 Å². The summed E-state index contributed by atoms with van der Waals surface area (Å²) in [6.45, 7) is 3.96. The second kappa shape index (κ2) is 9.01. The summed E-state index contributed by atoms with van der Waals surface area (Å²) in [6.07, 6.45) is -5.57. The molecule has 0 aromatic carbocycles. The average Bonchev–Trinajstić information content (AvgIpc) is 2.93. The van der Waals surface area contributed by atoms with Crippen molar-refractivity contribution >= 4 is 29.9 Å². The van der Waals surface area contributed by atoms with Crippen LogP contribution in [0.4, 0.5) is 13.2 Å². The molecule has 144 valence electrons. The van der Waals surface area contributed by atoms with Crippen LogP contribution in [-0.2, 0) is 13.0 Å². The number of hydrogen-bond donors (Lipinski definition) is 3. The standard InChI is InChI=1S/C14H23F3N6O.HI/c1-8(2)12-21-11-5-4-9(7-23(11)22-12)20-13(18-3)19-6-10(24)14(15,16)17;/h8-10,24H,4-7H2,1-3H3,(H2,18,19,20);1H. The number of guanidine groups is 1. The van der Waals surface area contributed by atoms with Crippen molar-refractivity contribution in [2.24, 2.45) is 4.99 Å². The minimum atomic E-state index is -4.65. The number of alkyl halides is 3. The molecule has 0 spiro atoms. The first-order chi connectivity index (χ1) is 11.2. The number of hydrogen-bond acceptors (Lipinski definition) is 4. The lowest BCUT2D eigenvalue weighted by atomic mass is 10.1. The molecular formula is C14H24F3IN6O. The number of nitrogens with one attached hydrogen (secondary N) is 2. The van der Waals surface area contributed by atoms with Crippen LogP contribution < -0.4 is 10.6 Å². The lowest BCUT2D eigenvalue weighted by molar-refractivity contribution is -0.201. The SMILES string of the molecule is CN=C(NCC(O)C(F)(F)F)NC1CCc2nc(C(C)C)nn2C1.I. The van der Waals surface area contributed by atoms with Crippen molar-refractivity contribution in [2.75, 3.05) is 13.6 Å². The lowest BCUT2D eigenvalue weighted by Crippen LogP contribution is -2.50. The molecule has 0 fully saturated rings. The summed E-state index contributed by atoms with van der Waals surface area (Å²) in [5.41, 5.74) is 0. The molecule has 0 bridgehead atoms. The third kappa shape index (κ3) is 5.97. The highest BCUT2D eigenvalue weighted by Gasteiger charge is 2.38. The molecule has 3 N–H and O–H groups in total. The Bertz CT molecular complexity index is 590. The topological polar surface area (TPSA) is 87.4 Å². The van der Waals surface area contributed by atoms with Crippen LogP contribution in [-0.4, -0.2) is 57.7 Å². The van der Waals surface area contributed by atoms with Gasteiger partial charge >= 0.3 is 6.18 Å². The van der Waals surface area contributed by atoms with Crippen LogP contribution in [0.3, 0.4) is 0 Å². The van der Waals surface area contributed by atoms with Gasteiger partial charge in [-0.3, -0.25) is 4.99 Å². The maximum absolute atomic E-state index is 12.3. The molecule has 11 heteroatoms. The third-order valence-electron chi connectivity index (χ3n) is 3.80. The largest absolute Gasteiger partial charge is 0.416 e. The molecule has 25 heavy (non-hydrogen) atoms. The maximum Gasteiger partial charge on any atom is 0.416 e. The fraction of sp³-hybridized carbons (Fsp3) is 0.786. The van der Waals surface area contributed by atoms with E-state index in [0.717, 1.165) is 24.5 Å². The molecular weight excluding hydrogens is 452 g/mol. The van der Waals surface area contributed by atoms with E-state index < -0.39 is 18.8 Å². The van der Waals surface area contributed by atoms with Gasteiger partial charge in [-0.05, 0) is 6.42 Å². The third-order valence-corrected chi connectivity index (χ3v) is 3.80. The molecule has 2 rings (SSSR count). The van der Waals surface area contributed by atoms with E-state index in [1.807, 2.05) is 18.5 Å². The van der Waals surface area contributed by atoms with Crippen LogP contribution in [0.15, 0.2) is 4.99 Å². The molecule has 1 aromatic rings. The molecule has 0 radical (unpaired) electrons. The van der Waals surface area contributed by atoms with E-state index in [1.165, 1.54) is 7.05 Å². The Morgan fingerprint density at radius 1 is 1.44 bits per heavy atom. The number of nitrogens with zero attached hydrogens (tertiary/aromatic N) is 4. The fourth-order valence-electron chi connectivity index (χ4n) is 2.39. The second-order valence-electron chi connectivity index (χ2n) is 6.11. The van der Waals surface area contributed by atoms with E-state index in [1.54, 1.807) is 0 Å². The first kappa shape index (κ1) is 21.9. The van der Waals surface area contributed by atoms with Gasteiger partial charge in [0, 0.05) is 25.4 Å². The van der Waals surface area contributed by atoms with Crippen molar-refractivity contribution in [3.05, 3.63) is 11.6 Å². The molecule has 0 saturated heterocycles. The number of fused-ring (bicyclic) bond motifs is 1. The van der Waals surface area contributed by atoms with E-state index in [9.17, 15) is 13.2 Å². The predicted molar refractivity (Wildman–Crippen MR) is 98.2 cm³/mol. The van der Waals surface area contributed by atoms with E-state index in [0.29, 0.717) is 6.54 Å². The summed E-state index contributed by atoms with van der Waals surface area (Å²) in [5, 5.41) is 19.0. The fourth-order valence-corrected chi connectivity index (χ4v) is 2.39. The Labute approximate surface area is 161 Å². The van der Waals surface area contributed by atoms with E-state index in [2.05, 4.69) is 25.7 Å². The molecule has 1 aliphatic heterocycles. The average molecular weight is 476 g/mol. The van der Waals surface area contributed by atoms with Gasteiger partial charge in [-0.2, -0.15) is 18.3 Å². The first-order valence-corrected chi connectivity index (χ1v) is 7.86. The summed E-state index contributed by atoms with van der Waals surface area (Å²) in [6, 6.07) is -0.0200. The van der Waals surface area contributed by atoms with Crippen molar-refractivity contribution in [2.45, 2.75) is 57.5 Å². The molecule has 2 unspecified atom stereocenters. The summed E-state index contributed by atoms with van der Waals surface area (Å²) in [5.74, 6) is 2.18. The number of aliphatic hydroxyl groups excluding tert-OH is 1. The van der Waals surface area contributed by atoms with Crippen LogP contribution in [0.5, 0.6) is 0 Å². The van der Waals surface area contributed by atoms with Gasteiger partial charge in [-0.25, -0.2) is 9.67 Å². The monoisotopic (exact) mass is 476 g/mol. The van der Waals surface area contributed by atoms with Crippen molar-refractivity contribution < 1.29 is 18.3 Å². The number of aryl methyl sites for hydroxylation is 1. The predicted octanol–water partition coefficient (Wildman–Crippen LogP) is 1.42. The number of aliphatic imine (C=N–C) groups is 1. The number of aliphatic hydroxyl groups is 1. The van der Waals surface area contributed by atoms with E-state index in [-0.39, 0.29) is 41.9 Å². The van der Waals surface area contributed by atoms with E-state index in [4.69, 9.17) is 5.11 Å². The van der Waals surface area contributed by atoms with Crippen molar-refractivity contribution in [1.29, 1.82) is 0 Å². The highest BCUT2D eigenvalue weighted by atomic mass is 127. The van der Waals surface area contributed by atoms with Crippen LogP contribution in [0, 0.1) is 0 Å². The van der Waals surface area contributed by atoms with Gasteiger partial charge < -0.3 is 15.7 Å². The molecule has 0 amide bonds. The second-order valence-corrected chi connectivity index (χ2v) is 6.11. The van der Waals surface area contributed by atoms with E-state index >= 15 is 0 Å². The Morgan fingerprint density at radius 3 is 2.68 bits per heavy atom. The minimum Gasteiger partial charge on any atom is -0.382 e. The Hall–Kier alpha value is -1.11. The zero-order valence-electron chi connectivity index (χ0n) is 14.3. The number of halogens is 4. The lowest BCUT2D eigenvalue weighted by Gasteiger charge is -2.26. The molecule has 1 aromatic heterocycles. The normalized spacial score (nSPS) is 19.2. The zero-order chi connectivity index (χ0) is 17.9. The molecule has 1 aliphatic rings. The Morgan fingerprint density at radius 2 is 2.12 bits per heavy atom. The highest BCUT2D eigenvalue weighted by Crippen LogP contribution is 2.19. The maximum atomic E-state index is 12.3. The quantitative estimate of drug-likeness (QED) is 0.348.